The van der Waals surface area contributed by atoms with Crippen LogP contribution in [0.5, 0.6) is 0 Å². The van der Waals surface area contributed by atoms with Gasteiger partial charge in [0.1, 0.15) is 4.90 Å². The van der Waals surface area contributed by atoms with E-state index in [0.29, 0.717) is 5.56 Å². The van der Waals surface area contributed by atoms with Crippen molar-refractivity contribution < 1.29 is 13.0 Å². The highest BCUT2D eigenvalue weighted by atomic mass is 32.2. The Hall–Kier alpha value is -1.56. The molecule has 2 N–H and O–H groups in total. The summed E-state index contributed by atoms with van der Waals surface area (Å²) in [5.74, 6) is 0. The number of nitrogens with one attached hydrogen (secondary N) is 1. The Morgan fingerprint density at radius 3 is 2.72 bits per heavy atom. The molecule has 0 spiro atoms. The first-order valence-corrected chi connectivity index (χ1v) is 7.41. The zero-order valence-corrected chi connectivity index (χ0v) is 11.3. The van der Waals surface area contributed by atoms with Crippen LogP contribution in [0.2, 0.25) is 0 Å². The molecule has 0 fully saturated rings. The normalized spacial score (nSPS) is 12.0. The Labute approximate surface area is 109 Å². The third-order valence-corrected chi connectivity index (χ3v) is 3.43. The molecule has 1 aromatic rings. The molecule has 0 saturated carbocycles. The minimum atomic E-state index is -4.35. The predicted molar refractivity (Wildman–Crippen MR) is 70.4 cm³/mol. The second-order valence-electron chi connectivity index (χ2n) is 3.30. The first kappa shape index (κ1) is 14.5. The van der Waals surface area contributed by atoms with Gasteiger partial charge >= 0.3 is 0 Å². The van der Waals surface area contributed by atoms with Gasteiger partial charge in [0.25, 0.3) is 10.1 Å². The fourth-order valence-corrected chi connectivity index (χ4v) is 2.25. The molecule has 1 aromatic carbocycles. The number of thioether (sulfide) groups is 1. The molecule has 0 amide bonds. The maximum atomic E-state index is 11.2. The molecule has 0 aliphatic rings. The Morgan fingerprint density at radius 1 is 1.56 bits per heavy atom. The van der Waals surface area contributed by atoms with Gasteiger partial charge in [0, 0.05) is 0 Å². The number of nitrogens with zero attached hydrogens (tertiary/aromatic N) is 2. The van der Waals surface area contributed by atoms with Gasteiger partial charge in [-0.1, -0.05) is 17.8 Å². The smallest absolute Gasteiger partial charge is 0.282 e. The molecule has 0 unspecified atom stereocenters. The van der Waals surface area contributed by atoms with E-state index < -0.39 is 10.1 Å². The van der Waals surface area contributed by atoms with Crippen LogP contribution >= 0.6 is 11.8 Å². The molecule has 0 bridgehead atoms. The molecular weight excluding hydrogens is 274 g/mol. The lowest BCUT2D eigenvalue weighted by molar-refractivity contribution is 0.483. The number of aliphatic imine (C=N–C) groups is 1. The zero-order valence-electron chi connectivity index (χ0n) is 9.71. The van der Waals surface area contributed by atoms with Gasteiger partial charge < -0.3 is 0 Å². The third-order valence-electron chi connectivity index (χ3n) is 1.97. The molecule has 0 aliphatic heterocycles. The molecule has 0 saturated heterocycles. The number of aryl methyl sites for hydroxylation is 1. The van der Waals surface area contributed by atoms with Crippen LogP contribution in [0, 0.1) is 18.4 Å². The number of nitriles is 1. The van der Waals surface area contributed by atoms with Gasteiger partial charge in [0.15, 0.2) is 11.4 Å². The van der Waals surface area contributed by atoms with Crippen molar-refractivity contribution in [2.75, 3.05) is 6.26 Å². The lowest BCUT2D eigenvalue weighted by Crippen LogP contribution is -2.12. The highest BCUT2D eigenvalue weighted by molar-refractivity contribution is 8.13. The highest BCUT2D eigenvalue weighted by Crippen LogP contribution is 2.26. The molecule has 0 radical (unpaired) electrons. The van der Waals surface area contributed by atoms with E-state index in [0.717, 1.165) is 11.8 Å². The Morgan fingerprint density at radius 2 is 2.22 bits per heavy atom. The third kappa shape index (κ3) is 3.73. The fraction of sp³-hybridized carbons (Fsp3) is 0.200. The van der Waals surface area contributed by atoms with Crippen molar-refractivity contribution in [1.82, 2.24) is 5.32 Å². The van der Waals surface area contributed by atoms with Crippen molar-refractivity contribution in [2.45, 2.75) is 11.8 Å². The average Bonchev–Trinajstić information content (AvgIpc) is 2.29. The van der Waals surface area contributed by atoms with Crippen LogP contribution in [0.1, 0.15) is 5.56 Å². The van der Waals surface area contributed by atoms with Crippen LogP contribution in [0.4, 0.5) is 5.69 Å². The second-order valence-corrected chi connectivity index (χ2v) is 5.49. The molecule has 0 heterocycles. The van der Waals surface area contributed by atoms with E-state index in [9.17, 15) is 8.42 Å². The Bertz CT molecular complexity index is 618. The van der Waals surface area contributed by atoms with E-state index in [1.165, 1.54) is 12.1 Å². The molecule has 0 atom stereocenters. The average molecular weight is 285 g/mol. The summed E-state index contributed by atoms with van der Waals surface area (Å²) < 4.78 is 31.6. The van der Waals surface area contributed by atoms with Gasteiger partial charge in [0.05, 0.1) is 5.69 Å². The molecule has 6 nitrogen and oxygen atoms in total. The van der Waals surface area contributed by atoms with Crippen molar-refractivity contribution in [1.29, 1.82) is 5.26 Å². The number of hydrogen-bond acceptors (Lipinski definition) is 5. The van der Waals surface area contributed by atoms with Crippen molar-refractivity contribution >= 4 is 32.7 Å². The van der Waals surface area contributed by atoms with Crippen LogP contribution < -0.4 is 5.32 Å². The second kappa shape index (κ2) is 5.86. The number of hydrogen-bond donors (Lipinski definition) is 2. The van der Waals surface area contributed by atoms with Crippen molar-refractivity contribution in [3.8, 4) is 6.19 Å². The summed E-state index contributed by atoms with van der Waals surface area (Å²) in [5, 5.41) is 11.1. The van der Waals surface area contributed by atoms with E-state index in [4.69, 9.17) is 9.81 Å². The SMILES string of the molecule is CSC(=Nc1ccc(C)cc1S(=O)(=O)O)NC#N. The number of benzene rings is 1. The van der Waals surface area contributed by atoms with Gasteiger partial charge in [-0.2, -0.15) is 13.7 Å². The van der Waals surface area contributed by atoms with Crippen molar-refractivity contribution in [2.24, 2.45) is 4.99 Å². The molecule has 1 rings (SSSR count). The highest BCUT2D eigenvalue weighted by Gasteiger charge is 2.15. The van der Waals surface area contributed by atoms with Gasteiger partial charge in [-0.15, -0.1) is 0 Å². The first-order valence-electron chi connectivity index (χ1n) is 4.74. The monoisotopic (exact) mass is 285 g/mol. The summed E-state index contributed by atoms with van der Waals surface area (Å²) in [7, 11) is -4.35. The maximum Gasteiger partial charge on any atom is 0.296 e. The van der Waals surface area contributed by atoms with Gasteiger partial charge in [-0.05, 0) is 30.9 Å². The minimum Gasteiger partial charge on any atom is -0.282 e. The summed E-state index contributed by atoms with van der Waals surface area (Å²) in [5.41, 5.74) is 0.760. The summed E-state index contributed by atoms with van der Waals surface area (Å²) >= 11 is 1.15. The van der Waals surface area contributed by atoms with E-state index in [2.05, 4.69) is 10.3 Å². The lowest BCUT2D eigenvalue weighted by Gasteiger charge is -2.05. The van der Waals surface area contributed by atoms with Crippen LogP contribution in [-0.2, 0) is 10.1 Å². The van der Waals surface area contributed by atoms with Crippen molar-refractivity contribution in [3.05, 3.63) is 23.8 Å². The Balaban J connectivity index is 3.38. The van der Waals surface area contributed by atoms with Crippen LogP contribution in [0.3, 0.4) is 0 Å². The lowest BCUT2D eigenvalue weighted by atomic mass is 10.2. The van der Waals surface area contributed by atoms with Gasteiger partial charge in [-0.25, -0.2) is 4.99 Å². The molecular formula is C10H11N3O3S2. The van der Waals surface area contributed by atoms with E-state index in [1.54, 1.807) is 25.4 Å². The van der Waals surface area contributed by atoms with Crippen molar-refractivity contribution in [3.63, 3.8) is 0 Å². The summed E-state index contributed by atoms with van der Waals surface area (Å²) in [6.07, 6.45) is 3.38. The van der Waals surface area contributed by atoms with E-state index >= 15 is 0 Å². The number of rotatable bonds is 2. The first-order chi connectivity index (χ1) is 8.38. The fourth-order valence-electron chi connectivity index (χ4n) is 1.20. The molecule has 18 heavy (non-hydrogen) atoms. The summed E-state index contributed by atoms with van der Waals surface area (Å²) in [4.78, 5) is 3.70. The van der Waals surface area contributed by atoms with Crippen LogP contribution in [-0.4, -0.2) is 24.4 Å². The van der Waals surface area contributed by atoms with Crippen LogP contribution in [0.25, 0.3) is 0 Å². The predicted octanol–water partition coefficient (Wildman–Crippen LogP) is 1.66. The zero-order chi connectivity index (χ0) is 13.8. The Kier molecular flexibility index (Phi) is 4.72. The van der Waals surface area contributed by atoms with Gasteiger partial charge in [0.2, 0.25) is 0 Å². The molecule has 0 aliphatic carbocycles. The number of amidine groups is 1. The van der Waals surface area contributed by atoms with Crippen LogP contribution in [0.15, 0.2) is 28.1 Å². The molecule has 0 aromatic heterocycles. The maximum absolute atomic E-state index is 11.2. The topological polar surface area (TPSA) is 103 Å². The molecule has 96 valence electrons. The standard InChI is InChI=1S/C10H11N3O3S2/c1-7-3-4-8(9(5-7)18(14,15)16)13-10(17-2)12-6-11/h3-5H,1-2H3,(H,12,13)(H,14,15,16). The minimum absolute atomic E-state index is 0.0789. The summed E-state index contributed by atoms with van der Waals surface area (Å²) in [6, 6.07) is 4.45. The molecule has 8 heteroatoms. The largest absolute Gasteiger partial charge is 0.296 e. The van der Waals surface area contributed by atoms with Gasteiger partial charge in [-0.3, -0.25) is 9.87 Å². The quantitative estimate of drug-likeness (QED) is 0.282. The summed E-state index contributed by atoms with van der Waals surface area (Å²) in [6.45, 7) is 1.70. The van der Waals surface area contributed by atoms with E-state index in [-0.39, 0.29) is 15.8 Å². The van der Waals surface area contributed by atoms with E-state index in [1.807, 2.05) is 0 Å².